The number of aromatic nitrogens is 5. The molecule has 1 aliphatic carbocycles. The molecule has 78 heavy (non-hydrogen) atoms. The fraction of sp³-hybridized carbons (Fsp3) is 0.567. The third-order valence-electron chi connectivity index (χ3n) is 16.4. The molecule has 2 amide bonds. The van der Waals surface area contributed by atoms with Crippen molar-refractivity contribution in [3.63, 3.8) is 0 Å². The maximum absolute atomic E-state index is 13.2. The number of amides is 2. The fourth-order valence-corrected chi connectivity index (χ4v) is 13.0. The zero-order valence-corrected chi connectivity index (χ0v) is 47.5. The number of ether oxygens (including phenoxy) is 2. The van der Waals surface area contributed by atoms with Gasteiger partial charge in [0.15, 0.2) is 0 Å². The summed E-state index contributed by atoms with van der Waals surface area (Å²) in [6.45, 7) is 19.2. The van der Waals surface area contributed by atoms with Gasteiger partial charge < -0.3 is 39.7 Å². The van der Waals surface area contributed by atoms with Gasteiger partial charge in [-0.05, 0) is 134 Å². The first-order valence-corrected chi connectivity index (χ1v) is 29.9. The van der Waals surface area contributed by atoms with Gasteiger partial charge in [0.05, 0.1) is 53.7 Å². The number of carbonyl (C=O) groups excluding carboxylic acids is 2. The minimum Gasteiger partial charge on any atom is -0.494 e. The third kappa shape index (κ3) is 13.9. The molecule has 4 saturated heterocycles. The molecule has 0 bridgehead atoms. The van der Waals surface area contributed by atoms with Crippen LogP contribution < -0.4 is 29.9 Å². The maximum Gasteiger partial charge on any atom is 0.222 e. The van der Waals surface area contributed by atoms with Crippen molar-refractivity contribution in [3.8, 4) is 11.5 Å². The molecular formula is C60H83N13O4S. The molecule has 1 saturated carbocycles. The summed E-state index contributed by atoms with van der Waals surface area (Å²) in [5.74, 6) is 2.56. The fourth-order valence-electron chi connectivity index (χ4n) is 12.0. The molecule has 0 radical (unpaired) electrons. The Labute approximate surface area is 465 Å². The second-order valence-corrected chi connectivity index (χ2v) is 23.0. The summed E-state index contributed by atoms with van der Waals surface area (Å²) in [5, 5.41) is 17.0. The van der Waals surface area contributed by atoms with E-state index in [0.717, 1.165) is 167 Å². The Balaban J connectivity index is 0.000000176. The number of nitrogens with one attached hydrogen (secondary N) is 2. The van der Waals surface area contributed by atoms with Crippen molar-refractivity contribution in [3.05, 3.63) is 95.0 Å². The molecule has 17 nitrogen and oxygen atoms in total. The molecule has 18 heteroatoms. The lowest BCUT2D eigenvalue weighted by Crippen LogP contribution is -2.38. The van der Waals surface area contributed by atoms with E-state index in [1.165, 1.54) is 43.5 Å². The molecule has 4 aromatic heterocycles. The first-order valence-electron chi connectivity index (χ1n) is 29.0. The number of likely N-dealkylation sites (tertiary alicyclic amines) is 2. The molecular weight excluding hydrogens is 999 g/mol. The van der Waals surface area contributed by atoms with Gasteiger partial charge in [0, 0.05) is 138 Å². The molecule has 418 valence electrons. The minimum absolute atomic E-state index is 0.00646. The van der Waals surface area contributed by atoms with Gasteiger partial charge in [0.2, 0.25) is 11.8 Å². The Hall–Kier alpha value is -5.92. The number of benzene rings is 2. The summed E-state index contributed by atoms with van der Waals surface area (Å²) in [6, 6.07) is 18.7. The molecule has 11 rings (SSSR count). The van der Waals surface area contributed by atoms with Crippen LogP contribution in [-0.2, 0) is 9.59 Å². The molecule has 2 atom stereocenters. The molecule has 2 aromatic carbocycles. The molecule has 5 aliphatic rings. The van der Waals surface area contributed by atoms with Crippen LogP contribution >= 0.6 is 11.3 Å². The van der Waals surface area contributed by atoms with Crippen molar-refractivity contribution in [2.45, 2.75) is 102 Å². The second-order valence-electron chi connectivity index (χ2n) is 22.1. The Kier molecular flexibility index (Phi) is 19.1. The van der Waals surface area contributed by atoms with Gasteiger partial charge in [0.25, 0.3) is 0 Å². The summed E-state index contributed by atoms with van der Waals surface area (Å²) in [4.78, 5) is 55.4. The molecule has 2 N–H and O–H groups in total. The molecule has 0 spiro atoms. The zero-order valence-electron chi connectivity index (χ0n) is 46.7. The summed E-state index contributed by atoms with van der Waals surface area (Å²) in [6.07, 6.45) is 16.1. The van der Waals surface area contributed by atoms with Gasteiger partial charge in [0.1, 0.15) is 22.9 Å². The van der Waals surface area contributed by atoms with Crippen LogP contribution in [0, 0.1) is 0 Å². The topological polar surface area (TPSA) is 153 Å². The van der Waals surface area contributed by atoms with Crippen LogP contribution in [0.15, 0.2) is 78.6 Å². The predicted molar refractivity (Wildman–Crippen MR) is 312 cm³/mol. The Morgan fingerprint density at radius 3 is 1.60 bits per heavy atom. The first kappa shape index (κ1) is 55.4. The van der Waals surface area contributed by atoms with Crippen LogP contribution in [0.3, 0.4) is 0 Å². The van der Waals surface area contributed by atoms with E-state index in [4.69, 9.17) is 29.5 Å². The van der Waals surface area contributed by atoms with Gasteiger partial charge in [-0.2, -0.15) is 5.10 Å². The lowest BCUT2D eigenvalue weighted by Gasteiger charge is -2.30. The summed E-state index contributed by atoms with van der Waals surface area (Å²) in [7, 11) is 3.46. The highest BCUT2D eigenvalue weighted by atomic mass is 32.1. The first-order chi connectivity index (χ1) is 38.2. The van der Waals surface area contributed by atoms with Crippen LogP contribution in [0.25, 0.3) is 21.8 Å². The quantitative estimate of drug-likeness (QED) is 0.0754. The number of thiazole rings is 1. The van der Waals surface area contributed by atoms with Gasteiger partial charge >= 0.3 is 0 Å². The van der Waals surface area contributed by atoms with E-state index in [0.29, 0.717) is 25.3 Å². The van der Waals surface area contributed by atoms with Crippen LogP contribution in [0.1, 0.15) is 118 Å². The number of fused-ring (bicyclic) bond motifs is 2. The normalized spacial score (nSPS) is 18.9. The van der Waals surface area contributed by atoms with Crippen molar-refractivity contribution >= 4 is 56.3 Å². The number of nitrogens with zero attached hydrogens (tertiary/aromatic N) is 11. The van der Waals surface area contributed by atoms with E-state index < -0.39 is 0 Å². The number of methoxy groups -OCH3 is 2. The predicted octanol–water partition coefficient (Wildman–Crippen LogP) is 8.31. The van der Waals surface area contributed by atoms with Crippen molar-refractivity contribution in [1.82, 2.24) is 55.0 Å². The standard InChI is InChI=1S/C30H43N7O2.C30H40N6O2S/c1-23(2)37-18-11-25(33-37)26(22-28(38)31-13-19-34-14-4-5-15-34)35-16-7-17-36(21-20-35)30-27(39-3)10-9-24-8-6-12-32-29(24)30;1-38-26-10-9-22-6-4-11-32-28(22)29(26)36-16-5-15-35(18-19-36)25(24-21-39-30(33-24)23-7-8-23)20-27(37)31-12-17-34-13-2-3-14-34/h6,8-12,18,23,26H,4-5,7,13-17,19-22H2,1-3H3,(H,31,38);4,6,9-11,21,23,25H,2-3,5,7-8,12-20H2,1H3,(H,31,37). The van der Waals surface area contributed by atoms with Crippen molar-refractivity contribution in [1.29, 1.82) is 0 Å². The number of anilines is 2. The smallest absolute Gasteiger partial charge is 0.222 e. The zero-order chi connectivity index (χ0) is 53.8. The lowest BCUT2D eigenvalue weighted by atomic mass is 10.1. The molecule has 6 aromatic rings. The number of pyridine rings is 2. The largest absolute Gasteiger partial charge is 0.494 e. The van der Waals surface area contributed by atoms with Gasteiger partial charge in [-0.1, -0.05) is 12.1 Å². The van der Waals surface area contributed by atoms with Crippen LogP contribution in [0.4, 0.5) is 11.4 Å². The Morgan fingerprint density at radius 1 is 0.615 bits per heavy atom. The molecule has 2 unspecified atom stereocenters. The van der Waals surface area contributed by atoms with Crippen LogP contribution in [0.5, 0.6) is 11.5 Å². The summed E-state index contributed by atoms with van der Waals surface area (Å²) in [5.41, 5.74) is 6.10. The number of carbonyl (C=O) groups is 2. The van der Waals surface area contributed by atoms with Gasteiger partial charge in [-0.3, -0.25) is 34.0 Å². The van der Waals surface area contributed by atoms with E-state index >= 15 is 0 Å². The number of rotatable bonds is 20. The Bertz CT molecular complexity index is 2710. The number of hydrogen-bond donors (Lipinski definition) is 2. The van der Waals surface area contributed by atoms with Crippen LogP contribution in [-0.4, -0.2) is 175 Å². The highest BCUT2D eigenvalue weighted by Crippen LogP contribution is 2.43. The van der Waals surface area contributed by atoms with E-state index in [9.17, 15) is 9.59 Å². The van der Waals surface area contributed by atoms with E-state index in [2.05, 4.69) is 89.6 Å². The number of hydrogen-bond acceptors (Lipinski definition) is 15. The molecule has 4 aliphatic heterocycles. The molecule has 8 heterocycles. The highest BCUT2D eigenvalue weighted by Gasteiger charge is 2.33. The minimum atomic E-state index is -0.0655. The SMILES string of the molecule is COc1ccc2cccnc2c1N1CCCN(C(CC(=O)NCCN2CCCC2)c2ccn(C(C)C)n2)CC1.COc1ccc2cccnc2c1N1CCCN(C(CC(=O)NCCN2CCCC2)c2csc(C3CC3)n2)CC1. The Morgan fingerprint density at radius 2 is 1.13 bits per heavy atom. The van der Waals surface area contributed by atoms with Crippen molar-refractivity contribution in [2.24, 2.45) is 0 Å². The third-order valence-corrected chi connectivity index (χ3v) is 17.4. The van der Waals surface area contributed by atoms with Crippen molar-refractivity contribution < 1.29 is 19.1 Å². The lowest BCUT2D eigenvalue weighted by molar-refractivity contribution is -0.123. The van der Waals surface area contributed by atoms with Gasteiger partial charge in [-0.25, -0.2) is 4.98 Å². The van der Waals surface area contributed by atoms with E-state index in [-0.39, 0.29) is 29.9 Å². The van der Waals surface area contributed by atoms with E-state index in [1.54, 1.807) is 25.6 Å². The van der Waals surface area contributed by atoms with Crippen LogP contribution in [0.2, 0.25) is 0 Å². The monoisotopic (exact) mass is 1080 g/mol. The van der Waals surface area contributed by atoms with E-state index in [1.807, 2.05) is 47.5 Å². The average Bonchev–Trinajstić information content (AvgIpc) is 3.86. The molecule has 5 fully saturated rings. The summed E-state index contributed by atoms with van der Waals surface area (Å²) < 4.78 is 13.6. The van der Waals surface area contributed by atoms with Crippen molar-refractivity contribution in [2.75, 3.05) is 129 Å². The summed E-state index contributed by atoms with van der Waals surface area (Å²) >= 11 is 1.77. The average molecular weight is 1080 g/mol. The van der Waals surface area contributed by atoms with Gasteiger partial charge in [-0.15, -0.1) is 11.3 Å². The second kappa shape index (κ2) is 26.8. The maximum atomic E-state index is 13.2. The highest BCUT2D eigenvalue weighted by molar-refractivity contribution is 7.09.